The van der Waals surface area contributed by atoms with Crippen molar-refractivity contribution < 1.29 is 4.74 Å². The number of nitrogens with zero attached hydrogens (tertiary/aromatic N) is 2. The molecule has 0 saturated heterocycles. The first kappa shape index (κ1) is 12.5. The number of hydrogen-bond acceptors (Lipinski definition) is 4. The molecule has 1 aromatic carbocycles. The SMILES string of the molecule is N#Cc1ccnc(NCCc2ccc3c(c2)CCO3)c1. The smallest absolute Gasteiger partial charge is 0.127 e. The van der Waals surface area contributed by atoms with E-state index in [-0.39, 0.29) is 0 Å². The van der Waals surface area contributed by atoms with E-state index < -0.39 is 0 Å². The topological polar surface area (TPSA) is 57.9 Å². The first-order chi connectivity index (χ1) is 9.85. The largest absolute Gasteiger partial charge is 0.493 e. The van der Waals surface area contributed by atoms with Crippen LogP contribution in [0.5, 0.6) is 5.75 Å². The third-order valence-corrected chi connectivity index (χ3v) is 3.36. The van der Waals surface area contributed by atoms with Crippen molar-refractivity contribution in [3.05, 3.63) is 53.2 Å². The Bertz CT molecular complexity index is 661. The van der Waals surface area contributed by atoms with Gasteiger partial charge in [0.15, 0.2) is 0 Å². The molecule has 0 atom stereocenters. The summed E-state index contributed by atoms with van der Waals surface area (Å²) in [5.74, 6) is 1.76. The lowest BCUT2D eigenvalue weighted by Gasteiger charge is -2.07. The maximum absolute atomic E-state index is 8.84. The van der Waals surface area contributed by atoms with Crippen molar-refractivity contribution in [3.63, 3.8) is 0 Å². The number of nitriles is 1. The van der Waals surface area contributed by atoms with Gasteiger partial charge in [0.2, 0.25) is 0 Å². The van der Waals surface area contributed by atoms with Gasteiger partial charge in [-0.05, 0) is 35.7 Å². The molecule has 1 aliphatic heterocycles. The van der Waals surface area contributed by atoms with E-state index in [4.69, 9.17) is 10.00 Å². The minimum absolute atomic E-state index is 0.622. The molecule has 0 fully saturated rings. The van der Waals surface area contributed by atoms with Crippen LogP contribution >= 0.6 is 0 Å². The summed E-state index contributed by atoms with van der Waals surface area (Å²) < 4.78 is 5.50. The van der Waals surface area contributed by atoms with Gasteiger partial charge in [0.05, 0.1) is 18.2 Å². The average molecular weight is 265 g/mol. The van der Waals surface area contributed by atoms with Gasteiger partial charge >= 0.3 is 0 Å². The molecular weight excluding hydrogens is 250 g/mol. The zero-order chi connectivity index (χ0) is 13.8. The summed E-state index contributed by atoms with van der Waals surface area (Å²) in [6.07, 6.45) is 3.57. The van der Waals surface area contributed by atoms with Gasteiger partial charge in [-0.25, -0.2) is 4.98 Å². The molecule has 1 N–H and O–H groups in total. The standard InChI is InChI=1S/C16H15N3O/c17-11-13-4-7-19-16(10-13)18-6-3-12-1-2-15-14(9-12)5-8-20-15/h1-2,4,7,9-10H,3,5-6,8H2,(H,18,19). The monoisotopic (exact) mass is 265 g/mol. The zero-order valence-electron chi connectivity index (χ0n) is 11.1. The molecule has 0 bridgehead atoms. The van der Waals surface area contributed by atoms with Crippen LogP contribution in [-0.2, 0) is 12.8 Å². The number of ether oxygens (including phenoxy) is 1. The number of aromatic nitrogens is 1. The quantitative estimate of drug-likeness (QED) is 0.923. The highest BCUT2D eigenvalue weighted by Gasteiger charge is 2.11. The summed E-state index contributed by atoms with van der Waals surface area (Å²) >= 11 is 0. The van der Waals surface area contributed by atoms with Crippen LogP contribution in [0.3, 0.4) is 0 Å². The number of nitrogens with one attached hydrogen (secondary N) is 1. The van der Waals surface area contributed by atoms with Crippen LogP contribution in [0.2, 0.25) is 0 Å². The lowest BCUT2D eigenvalue weighted by atomic mass is 10.1. The number of anilines is 1. The summed E-state index contributed by atoms with van der Waals surface area (Å²) in [7, 11) is 0. The summed E-state index contributed by atoms with van der Waals surface area (Å²) in [6.45, 7) is 1.59. The van der Waals surface area contributed by atoms with Gasteiger partial charge in [0, 0.05) is 19.2 Å². The van der Waals surface area contributed by atoms with E-state index in [9.17, 15) is 0 Å². The molecule has 100 valence electrons. The Balaban J connectivity index is 1.58. The van der Waals surface area contributed by atoms with Crippen molar-refractivity contribution >= 4 is 5.82 Å². The second-order valence-corrected chi connectivity index (χ2v) is 4.76. The van der Waals surface area contributed by atoms with Gasteiger partial charge in [0.1, 0.15) is 11.6 Å². The van der Waals surface area contributed by atoms with Crippen LogP contribution in [0.15, 0.2) is 36.5 Å². The fraction of sp³-hybridized carbons (Fsp3) is 0.250. The van der Waals surface area contributed by atoms with Crippen molar-refractivity contribution in [2.45, 2.75) is 12.8 Å². The maximum atomic E-state index is 8.84. The highest BCUT2D eigenvalue weighted by molar-refractivity contribution is 5.43. The second-order valence-electron chi connectivity index (χ2n) is 4.76. The fourth-order valence-corrected chi connectivity index (χ4v) is 2.33. The molecule has 0 unspecified atom stereocenters. The third kappa shape index (κ3) is 2.72. The Kier molecular flexibility index (Phi) is 3.51. The molecule has 2 aromatic rings. The van der Waals surface area contributed by atoms with E-state index in [2.05, 4.69) is 28.5 Å². The normalized spacial score (nSPS) is 12.3. The Labute approximate surface area is 118 Å². The van der Waals surface area contributed by atoms with E-state index >= 15 is 0 Å². The van der Waals surface area contributed by atoms with Crippen molar-refractivity contribution in [2.24, 2.45) is 0 Å². The van der Waals surface area contributed by atoms with E-state index in [1.165, 1.54) is 11.1 Å². The highest BCUT2D eigenvalue weighted by atomic mass is 16.5. The predicted octanol–water partition coefficient (Wildman–Crippen LogP) is 2.54. The summed E-state index contributed by atoms with van der Waals surface area (Å²) in [5, 5.41) is 12.1. The third-order valence-electron chi connectivity index (χ3n) is 3.36. The molecule has 0 amide bonds. The Morgan fingerprint density at radius 3 is 3.15 bits per heavy atom. The first-order valence-corrected chi connectivity index (χ1v) is 6.70. The van der Waals surface area contributed by atoms with E-state index in [0.717, 1.165) is 37.6 Å². The van der Waals surface area contributed by atoms with E-state index in [1.807, 2.05) is 6.07 Å². The van der Waals surface area contributed by atoms with Gasteiger partial charge in [-0.15, -0.1) is 0 Å². The van der Waals surface area contributed by atoms with E-state index in [0.29, 0.717) is 5.56 Å². The Hall–Kier alpha value is -2.54. The van der Waals surface area contributed by atoms with Crippen molar-refractivity contribution in [2.75, 3.05) is 18.5 Å². The molecule has 20 heavy (non-hydrogen) atoms. The number of rotatable bonds is 4. The minimum atomic E-state index is 0.622. The van der Waals surface area contributed by atoms with Crippen molar-refractivity contribution in [1.82, 2.24) is 4.98 Å². The molecule has 3 rings (SSSR count). The maximum Gasteiger partial charge on any atom is 0.127 e. The number of fused-ring (bicyclic) bond motifs is 1. The number of hydrogen-bond donors (Lipinski definition) is 1. The Morgan fingerprint density at radius 1 is 1.30 bits per heavy atom. The molecule has 4 heteroatoms. The lowest BCUT2D eigenvalue weighted by molar-refractivity contribution is 0.357. The fourth-order valence-electron chi connectivity index (χ4n) is 2.33. The zero-order valence-corrected chi connectivity index (χ0v) is 11.1. The molecule has 0 radical (unpaired) electrons. The van der Waals surface area contributed by atoms with Crippen molar-refractivity contribution in [3.8, 4) is 11.8 Å². The number of benzene rings is 1. The lowest BCUT2D eigenvalue weighted by Crippen LogP contribution is -2.06. The Morgan fingerprint density at radius 2 is 2.25 bits per heavy atom. The molecule has 0 saturated carbocycles. The van der Waals surface area contributed by atoms with Gasteiger partial charge in [-0.3, -0.25) is 0 Å². The van der Waals surface area contributed by atoms with Gasteiger partial charge in [-0.1, -0.05) is 12.1 Å². The average Bonchev–Trinajstić information content (AvgIpc) is 2.95. The molecule has 1 aromatic heterocycles. The van der Waals surface area contributed by atoms with Gasteiger partial charge in [0.25, 0.3) is 0 Å². The number of pyridine rings is 1. The van der Waals surface area contributed by atoms with Crippen LogP contribution in [0.4, 0.5) is 5.82 Å². The van der Waals surface area contributed by atoms with Crippen LogP contribution in [0.1, 0.15) is 16.7 Å². The van der Waals surface area contributed by atoms with E-state index in [1.54, 1.807) is 18.3 Å². The van der Waals surface area contributed by atoms with Gasteiger partial charge < -0.3 is 10.1 Å². The minimum Gasteiger partial charge on any atom is -0.493 e. The molecule has 4 nitrogen and oxygen atoms in total. The van der Waals surface area contributed by atoms with Crippen LogP contribution in [-0.4, -0.2) is 18.1 Å². The molecule has 0 aliphatic carbocycles. The molecule has 1 aliphatic rings. The van der Waals surface area contributed by atoms with Crippen LogP contribution < -0.4 is 10.1 Å². The summed E-state index contributed by atoms with van der Waals surface area (Å²) in [5.41, 5.74) is 3.21. The molecular formula is C16H15N3O. The summed E-state index contributed by atoms with van der Waals surface area (Å²) in [4.78, 5) is 4.19. The predicted molar refractivity (Wildman–Crippen MR) is 76.8 cm³/mol. The van der Waals surface area contributed by atoms with Crippen LogP contribution in [0, 0.1) is 11.3 Å². The molecule has 2 heterocycles. The highest BCUT2D eigenvalue weighted by Crippen LogP contribution is 2.25. The summed E-state index contributed by atoms with van der Waals surface area (Å²) in [6, 6.07) is 11.9. The first-order valence-electron chi connectivity index (χ1n) is 6.70. The second kappa shape index (κ2) is 5.62. The molecule has 0 spiro atoms. The van der Waals surface area contributed by atoms with Crippen LogP contribution in [0.25, 0.3) is 0 Å². The van der Waals surface area contributed by atoms with Crippen molar-refractivity contribution in [1.29, 1.82) is 5.26 Å². The van der Waals surface area contributed by atoms with Gasteiger partial charge in [-0.2, -0.15) is 5.26 Å².